The number of fused-ring (bicyclic) bond motifs is 1. The third kappa shape index (κ3) is 4.01. The summed E-state index contributed by atoms with van der Waals surface area (Å²) in [7, 11) is 8.11. The van der Waals surface area contributed by atoms with E-state index in [-0.39, 0.29) is 24.0 Å². The summed E-state index contributed by atoms with van der Waals surface area (Å²) in [5.41, 5.74) is 5.89. The predicted molar refractivity (Wildman–Crippen MR) is 102 cm³/mol. The van der Waals surface area contributed by atoms with Crippen molar-refractivity contribution in [2.45, 2.75) is 32.2 Å². The van der Waals surface area contributed by atoms with Gasteiger partial charge in [-0.3, -0.25) is 0 Å². The molecule has 3 nitrogen and oxygen atoms in total. The number of quaternary nitrogens is 1. The molecule has 0 N–H and O–H groups in total. The SMILES string of the molecule is CCc1cccc2c1C(Cc1ccc(OC)c(OC)c1)[N+](C)(C)CC2.[I-]. The van der Waals surface area contributed by atoms with Crippen molar-refractivity contribution < 1.29 is 37.9 Å². The third-order valence-electron chi connectivity index (χ3n) is 5.68. The lowest BCUT2D eigenvalue weighted by molar-refractivity contribution is -0.923. The molecule has 1 heterocycles. The van der Waals surface area contributed by atoms with Crippen LogP contribution in [-0.2, 0) is 19.3 Å². The van der Waals surface area contributed by atoms with E-state index in [1.807, 2.05) is 6.07 Å². The highest BCUT2D eigenvalue weighted by Gasteiger charge is 2.37. The summed E-state index contributed by atoms with van der Waals surface area (Å²) in [6.07, 6.45) is 3.27. The van der Waals surface area contributed by atoms with Crippen molar-refractivity contribution in [3.05, 3.63) is 58.7 Å². The Labute approximate surface area is 174 Å². The number of hydrogen-bond acceptors (Lipinski definition) is 2. The lowest BCUT2D eigenvalue weighted by Gasteiger charge is -2.43. The molecule has 3 rings (SSSR count). The molecule has 1 atom stereocenters. The summed E-state index contributed by atoms with van der Waals surface area (Å²) in [5.74, 6) is 1.60. The average molecular weight is 467 g/mol. The van der Waals surface area contributed by atoms with Crippen molar-refractivity contribution in [3.63, 3.8) is 0 Å². The molecule has 0 fully saturated rings. The Kier molecular flexibility index (Phi) is 6.97. The molecule has 2 aromatic carbocycles. The number of methoxy groups -OCH3 is 2. The largest absolute Gasteiger partial charge is 1.00 e. The average Bonchev–Trinajstić information content (AvgIpc) is 2.63. The van der Waals surface area contributed by atoms with E-state index < -0.39 is 0 Å². The summed E-state index contributed by atoms with van der Waals surface area (Å²) in [6.45, 7) is 3.44. The molecule has 1 aliphatic heterocycles. The summed E-state index contributed by atoms with van der Waals surface area (Å²) in [6, 6.07) is 13.6. The minimum absolute atomic E-state index is 0. The van der Waals surface area contributed by atoms with Crippen molar-refractivity contribution in [3.8, 4) is 11.5 Å². The molecule has 0 saturated carbocycles. The second kappa shape index (κ2) is 8.61. The number of benzene rings is 2. The van der Waals surface area contributed by atoms with Crippen LogP contribution >= 0.6 is 0 Å². The zero-order valence-electron chi connectivity index (χ0n) is 16.5. The van der Waals surface area contributed by atoms with Gasteiger partial charge in [0.15, 0.2) is 11.5 Å². The standard InChI is InChI=1S/C22H30NO2.HI/c1-6-17-8-7-9-18-12-13-23(2,3)19(22(17)18)14-16-10-11-20(24-4)21(15-16)25-5;/h7-11,15,19H,6,12-14H2,1-5H3;1H/q+1;/p-1. The first-order valence-electron chi connectivity index (χ1n) is 9.14. The van der Waals surface area contributed by atoms with Gasteiger partial charge in [0, 0.05) is 18.4 Å². The van der Waals surface area contributed by atoms with Crippen LogP contribution in [0, 0.1) is 0 Å². The van der Waals surface area contributed by atoms with Crippen molar-refractivity contribution in [2.75, 3.05) is 34.9 Å². The molecular formula is C22H30INO2. The fourth-order valence-electron chi connectivity index (χ4n) is 4.11. The number of likely N-dealkylation sites (N-methyl/N-ethyl adjacent to an activating group) is 1. The Morgan fingerprint density at radius 1 is 1.04 bits per heavy atom. The Balaban J connectivity index is 0.00000243. The molecule has 0 spiro atoms. The van der Waals surface area contributed by atoms with Crippen LogP contribution in [0.2, 0.25) is 0 Å². The number of hydrogen-bond donors (Lipinski definition) is 0. The van der Waals surface area contributed by atoms with E-state index in [4.69, 9.17) is 9.47 Å². The van der Waals surface area contributed by atoms with Crippen LogP contribution in [0.3, 0.4) is 0 Å². The molecule has 4 heteroatoms. The van der Waals surface area contributed by atoms with Crippen molar-refractivity contribution in [1.82, 2.24) is 0 Å². The molecule has 0 bridgehead atoms. The first-order valence-corrected chi connectivity index (χ1v) is 9.14. The van der Waals surface area contributed by atoms with Gasteiger partial charge in [-0.25, -0.2) is 0 Å². The van der Waals surface area contributed by atoms with Gasteiger partial charge >= 0.3 is 0 Å². The fourth-order valence-corrected chi connectivity index (χ4v) is 4.11. The number of halogens is 1. The highest BCUT2D eigenvalue weighted by molar-refractivity contribution is 5.44. The van der Waals surface area contributed by atoms with E-state index >= 15 is 0 Å². The maximum Gasteiger partial charge on any atom is 0.160 e. The maximum atomic E-state index is 5.50. The van der Waals surface area contributed by atoms with Gasteiger partial charge in [0.05, 0.1) is 34.9 Å². The van der Waals surface area contributed by atoms with E-state index in [9.17, 15) is 0 Å². The number of rotatable bonds is 5. The second-order valence-electron chi connectivity index (χ2n) is 7.50. The second-order valence-corrected chi connectivity index (χ2v) is 7.50. The molecule has 0 aromatic heterocycles. The van der Waals surface area contributed by atoms with Gasteiger partial charge < -0.3 is 37.9 Å². The molecule has 142 valence electrons. The smallest absolute Gasteiger partial charge is 0.160 e. The molecule has 26 heavy (non-hydrogen) atoms. The van der Waals surface area contributed by atoms with Crippen molar-refractivity contribution in [1.29, 1.82) is 0 Å². The predicted octanol–water partition coefficient (Wildman–Crippen LogP) is 1.19. The van der Waals surface area contributed by atoms with E-state index in [2.05, 4.69) is 51.4 Å². The van der Waals surface area contributed by atoms with Crippen LogP contribution in [-0.4, -0.2) is 39.3 Å². The molecule has 0 saturated heterocycles. The zero-order valence-corrected chi connectivity index (χ0v) is 18.7. The minimum Gasteiger partial charge on any atom is -1.00 e. The van der Waals surface area contributed by atoms with E-state index in [1.165, 1.54) is 29.7 Å². The van der Waals surface area contributed by atoms with Crippen molar-refractivity contribution in [2.24, 2.45) is 0 Å². The number of aryl methyl sites for hydroxylation is 1. The van der Waals surface area contributed by atoms with Gasteiger partial charge in [0.2, 0.25) is 0 Å². The quantitative estimate of drug-likeness (QED) is 0.486. The maximum absolute atomic E-state index is 5.50. The summed E-state index contributed by atoms with van der Waals surface area (Å²) in [5, 5.41) is 0. The Morgan fingerprint density at radius 2 is 1.77 bits per heavy atom. The lowest BCUT2D eigenvalue weighted by atomic mass is 9.83. The van der Waals surface area contributed by atoms with E-state index in [1.54, 1.807) is 19.8 Å². The van der Waals surface area contributed by atoms with Crippen LogP contribution in [0.15, 0.2) is 36.4 Å². The molecule has 0 aliphatic carbocycles. The van der Waals surface area contributed by atoms with Crippen LogP contribution in [0.25, 0.3) is 0 Å². The molecule has 1 unspecified atom stereocenters. The fraction of sp³-hybridized carbons (Fsp3) is 0.455. The Hall–Kier alpha value is -1.27. The van der Waals surface area contributed by atoms with E-state index in [0.717, 1.165) is 28.8 Å². The Bertz CT molecular complexity index is 744. The van der Waals surface area contributed by atoms with Gasteiger partial charge in [-0.05, 0) is 35.2 Å². The summed E-state index contributed by atoms with van der Waals surface area (Å²) < 4.78 is 11.9. The lowest BCUT2D eigenvalue weighted by Crippen LogP contribution is -3.00. The molecule has 0 amide bonds. The molecular weight excluding hydrogens is 437 g/mol. The van der Waals surface area contributed by atoms with Gasteiger partial charge in [-0.2, -0.15) is 0 Å². The monoisotopic (exact) mass is 467 g/mol. The highest BCUT2D eigenvalue weighted by Crippen LogP contribution is 2.39. The molecule has 2 aromatic rings. The molecule has 1 aliphatic rings. The van der Waals surface area contributed by atoms with Crippen LogP contribution in [0.5, 0.6) is 11.5 Å². The first-order chi connectivity index (χ1) is 12.0. The van der Waals surface area contributed by atoms with Gasteiger partial charge in [0.25, 0.3) is 0 Å². The summed E-state index contributed by atoms with van der Waals surface area (Å²) in [4.78, 5) is 0. The molecule has 0 radical (unpaired) electrons. The number of ether oxygens (including phenoxy) is 2. The summed E-state index contributed by atoms with van der Waals surface area (Å²) >= 11 is 0. The van der Waals surface area contributed by atoms with Crippen LogP contribution in [0.4, 0.5) is 0 Å². The van der Waals surface area contributed by atoms with Crippen LogP contribution < -0.4 is 33.5 Å². The zero-order chi connectivity index (χ0) is 18.0. The third-order valence-corrected chi connectivity index (χ3v) is 5.68. The van der Waals surface area contributed by atoms with Gasteiger partial charge in [-0.1, -0.05) is 31.2 Å². The minimum atomic E-state index is 0. The highest BCUT2D eigenvalue weighted by atomic mass is 127. The Morgan fingerprint density at radius 3 is 2.42 bits per heavy atom. The van der Waals surface area contributed by atoms with Gasteiger partial charge in [0.1, 0.15) is 6.04 Å². The number of nitrogens with zero attached hydrogens (tertiary/aromatic N) is 1. The normalized spacial score (nSPS) is 17.8. The first kappa shape index (κ1) is 21.0. The van der Waals surface area contributed by atoms with Crippen molar-refractivity contribution >= 4 is 0 Å². The van der Waals surface area contributed by atoms with Crippen LogP contribution in [0.1, 0.15) is 35.2 Å². The topological polar surface area (TPSA) is 18.5 Å². The van der Waals surface area contributed by atoms with Gasteiger partial charge in [-0.15, -0.1) is 0 Å². The van der Waals surface area contributed by atoms with E-state index in [0.29, 0.717) is 6.04 Å².